The fraction of sp³-hybridized carbons (Fsp3) is 0.200. The Balaban J connectivity index is 2.47. The smallest absolute Gasteiger partial charge is 0.343 e. The predicted molar refractivity (Wildman–Crippen MR) is 83.7 cm³/mol. The molecule has 0 saturated heterocycles. The van der Waals surface area contributed by atoms with Crippen LogP contribution in [0, 0.1) is 17.5 Å². The molecule has 1 aromatic carbocycles. The summed E-state index contributed by atoms with van der Waals surface area (Å²) in [5, 5.41) is 5.30. The number of benzene rings is 1. The largest absolute Gasteiger partial charge is 0.462 e. The molecule has 25 heavy (non-hydrogen) atoms. The number of aromatic nitrogens is 2. The van der Waals surface area contributed by atoms with Crippen LogP contribution in [0.5, 0.6) is 0 Å². The maximum Gasteiger partial charge on any atom is 0.343 e. The molecule has 0 amide bonds. The third-order valence-corrected chi connectivity index (χ3v) is 3.52. The second-order valence-corrected chi connectivity index (χ2v) is 5.32. The van der Waals surface area contributed by atoms with Gasteiger partial charge in [-0.15, -0.1) is 5.10 Å². The van der Waals surface area contributed by atoms with Gasteiger partial charge in [0.05, 0.1) is 17.6 Å². The zero-order valence-electron chi connectivity index (χ0n) is 13.1. The summed E-state index contributed by atoms with van der Waals surface area (Å²) in [6.07, 6.45) is 1.07. The van der Waals surface area contributed by atoms with Crippen LogP contribution in [0.15, 0.2) is 29.3 Å². The van der Waals surface area contributed by atoms with Gasteiger partial charge in [0, 0.05) is 19.3 Å². The van der Waals surface area contributed by atoms with Crippen molar-refractivity contribution in [2.45, 2.75) is 6.92 Å². The molecule has 0 radical (unpaired) electrons. The second-order valence-electron chi connectivity index (χ2n) is 4.71. The quantitative estimate of drug-likeness (QED) is 0.194. The topological polar surface area (TPSA) is 72.4 Å². The highest BCUT2D eigenvalue weighted by molar-refractivity contribution is 7.03. The molecule has 0 saturated carbocycles. The highest BCUT2D eigenvalue weighted by Crippen LogP contribution is 2.20. The van der Waals surface area contributed by atoms with Gasteiger partial charge in [0.15, 0.2) is 17.5 Å². The first-order valence-electron chi connectivity index (χ1n) is 6.93. The van der Waals surface area contributed by atoms with Crippen molar-refractivity contribution in [1.29, 1.82) is 0 Å². The van der Waals surface area contributed by atoms with E-state index < -0.39 is 40.3 Å². The molecular weight excluding hydrogens is 359 g/mol. The summed E-state index contributed by atoms with van der Waals surface area (Å²) >= 11 is 1.04. The van der Waals surface area contributed by atoms with Crippen molar-refractivity contribution < 1.29 is 27.5 Å². The van der Waals surface area contributed by atoms with E-state index in [2.05, 4.69) is 9.59 Å². The third-order valence-electron chi connectivity index (χ3n) is 3.03. The first-order valence-corrected chi connectivity index (χ1v) is 7.76. The van der Waals surface area contributed by atoms with E-state index in [1.165, 1.54) is 18.9 Å². The monoisotopic (exact) mass is 371 g/mol. The van der Waals surface area contributed by atoms with Gasteiger partial charge in [-0.2, -0.15) is 0 Å². The first kappa shape index (κ1) is 18.6. The lowest BCUT2D eigenvalue weighted by Crippen LogP contribution is -2.22. The van der Waals surface area contributed by atoms with Gasteiger partial charge in [-0.1, -0.05) is 4.49 Å². The van der Waals surface area contributed by atoms with Gasteiger partial charge in [0.1, 0.15) is 11.4 Å². The number of ether oxygens (including phenoxy) is 1. The normalized spacial score (nSPS) is 11.3. The second kappa shape index (κ2) is 7.88. The molecular formula is C15H12F3N3O3S. The molecule has 0 bridgehead atoms. The van der Waals surface area contributed by atoms with Gasteiger partial charge >= 0.3 is 5.97 Å². The molecule has 0 fully saturated rings. The van der Waals surface area contributed by atoms with E-state index in [0.29, 0.717) is 11.9 Å². The lowest BCUT2D eigenvalue weighted by atomic mass is 10.0. The Hall–Kier alpha value is -2.75. The van der Waals surface area contributed by atoms with Crippen molar-refractivity contribution in [3.05, 3.63) is 52.3 Å². The minimum atomic E-state index is -1.44. The number of hydrogen-bond donors (Lipinski definition) is 0. The summed E-state index contributed by atoms with van der Waals surface area (Å²) < 4.78 is 48.7. The molecule has 0 atom stereocenters. The van der Waals surface area contributed by atoms with E-state index in [4.69, 9.17) is 4.74 Å². The Labute approximate surface area is 144 Å². The Morgan fingerprint density at radius 3 is 2.52 bits per heavy atom. The van der Waals surface area contributed by atoms with Gasteiger partial charge in [-0.25, -0.2) is 18.0 Å². The van der Waals surface area contributed by atoms with E-state index in [1.807, 2.05) is 0 Å². The fourth-order valence-corrected chi connectivity index (χ4v) is 2.31. The van der Waals surface area contributed by atoms with Gasteiger partial charge in [0.25, 0.3) is 0 Å². The van der Waals surface area contributed by atoms with Crippen molar-refractivity contribution in [1.82, 2.24) is 9.59 Å². The molecule has 0 spiro atoms. The molecule has 1 aromatic heterocycles. The van der Waals surface area contributed by atoms with Crippen molar-refractivity contribution in [2.75, 3.05) is 18.6 Å². The molecule has 2 rings (SSSR count). The van der Waals surface area contributed by atoms with Gasteiger partial charge in [0.2, 0.25) is 5.78 Å². The number of Topliss-reactive ketones (excluding diaryl/α,β-unsaturated/α-hetero) is 1. The molecule has 0 aliphatic rings. The van der Waals surface area contributed by atoms with Crippen LogP contribution < -0.4 is 4.90 Å². The van der Waals surface area contributed by atoms with E-state index in [1.54, 1.807) is 5.38 Å². The van der Waals surface area contributed by atoms with E-state index in [9.17, 15) is 22.8 Å². The molecule has 1 heterocycles. The molecule has 0 aliphatic carbocycles. The summed E-state index contributed by atoms with van der Waals surface area (Å²) in [6, 6.07) is 0.629. The molecule has 0 unspecified atom stereocenters. The zero-order valence-corrected chi connectivity index (χ0v) is 13.9. The highest BCUT2D eigenvalue weighted by atomic mass is 32.1. The van der Waals surface area contributed by atoms with E-state index >= 15 is 0 Å². The minimum absolute atomic E-state index is 0.0360. The van der Waals surface area contributed by atoms with E-state index in [0.717, 1.165) is 17.7 Å². The van der Waals surface area contributed by atoms with Gasteiger partial charge in [-0.3, -0.25) is 4.79 Å². The van der Waals surface area contributed by atoms with Crippen LogP contribution >= 0.6 is 11.5 Å². The van der Waals surface area contributed by atoms with Crippen molar-refractivity contribution in [2.24, 2.45) is 0 Å². The summed E-state index contributed by atoms with van der Waals surface area (Å²) in [4.78, 5) is 25.9. The maximum absolute atomic E-state index is 13.9. The number of nitrogens with zero attached hydrogens (tertiary/aromatic N) is 3. The molecule has 132 valence electrons. The zero-order chi connectivity index (χ0) is 18.6. The number of hydrogen-bond acceptors (Lipinski definition) is 7. The van der Waals surface area contributed by atoms with Crippen LogP contribution in [0.4, 0.5) is 19.0 Å². The molecule has 0 aliphatic heterocycles. The Morgan fingerprint density at radius 2 is 1.92 bits per heavy atom. The number of rotatable bonds is 6. The van der Waals surface area contributed by atoms with Crippen LogP contribution in [0.25, 0.3) is 0 Å². The summed E-state index contributed by atoms with van der Waals surface area (Å²) in [6.45, 7) is 1.48. The summed E-state index contributed by atoms with van der Waals surface area (Å²) in [5.74, 6) is -6.01. The third kappa shape index (κ3) is 4.21. The van der Waals surface area contributed by atoms with Crippen molar-refractivity contribution in [3.8, 4) is 0 Å². The fourth-order valence-electron chi connectivity index (χ4n) is 1.83. The van der Waals surface area contributed by atoms with Crippen LogP contribution in [0.2, 0.25) is 0 Å². The average Bonchev–Trinajstić information content (AvgIpc) is 3.10. The SMILES string of the molecule is CCOC(=O)/C(=C/N(C)c1csnn1)C(=O)c1cc(F)c(F)cc1F. The van der Waals surface area contributed by atoms with E-state index in [-0.39, 0.29) is 12.7 Å². The van der Waals surface area contributed by atoms with Crippen LogP contribution in [-0.4, -0.2) is 35.0 Å². The van der Waals surface area contributed by atoms with Gasteiger partial charge < -0.3 is 9.64 Å². The lowest BCUT2D eigenvalue weighted by molar-refractivity contribution is -0.138. The molecule has 0 N–H and O–H groups in total. The first-order chi connectivity index (χ1) is 11.8. The molecule has 10 heteroatoms. The Bertz CT molecular complexity index is 825. The summed E-state index contributed by atoms with van der Waals surface area (Å²) in [7, 11) is 1.48. The van der Waals surface area contributed by atoms with Crippen LogP contribution in [0.3, 0.4) is 0 Å². The number of carbonyl (C=O) groups is 2. The minimum Gasteiger partial charge on any atom is -0.462 e. The van der Waals surface area contributed by atoms with Crippen molar-refractivity contribution in [3.63, 3.8) is 0 Å². The predicted octanol–water partition coefficient (Wildman–Crippen LogP) is 2.72. The lowest BCUT2D eigenvalue weighted by Gasteiger charge is -2.13. The number of carbonyl (C=O) groups excluding carboxylic acids is 2. The highest BCUT2D eigenvalue weighted by Gasteiger charge is 2.26. The molecule has 6 nitrogen and oxygen atoms in total. The van der Waals surface area contributed by atoms with Crippen LogP contribution in [0.1, 0.15) is 17.3 Å². The number of esters is 1. The number of ketones is 1. The van der Waals surface area contributed by atoms with Crippen molar-refractivity contribution >= 4 is 29.1 Å². The number of halogens is 3. The van der Waals surface area contributed by atoms with Gasteiger partial charge in [-0.05, 0) is 24.5 Å². The average molecular weight is 371 g/mol. The Morgan fingerprint density at radius 1 is 1.24 bits per heavy atom. The summed E-state index contributed by atoms with van der Waals surface area (Å²) in [5.41, 5.74) is -1.36. The number of anilines is 1. The maximum atomic E-state index is 13.9. The Kier molecular flexibility index (Phi) is 5.86. The van der Waals surface area contributed by atoms with Crippen LogP contribution in [-0.2, 0) is 9.53 Å². The molecule has 2 aromatic rings. The standard InChI is InChI=1S/C15H12F3N3O3S/c1-3-24-15(23)9(6-21(2)13-7-25-20-19-13)14(22)8-4-11(17)12(18)5-10(8)16/h4-7H,3H2,1-2H3/b9-6+.